The third-order valence-electron chi connectivity index (χ3n) is 3.18. The van der Waals surface area contributed by atoms with Crippen LogP contribution in [0.1, 0.15) is 12.0 Å². The van der Waals surface area contributed by atoms with Crippen molar-refractivity contribution in [3.05, 3.63) is 46.8 Å². The van der Waals surface area contributed by atoms with Crippen molar-refractivity contribution >= 4 is 21.6 Å². The molecule has 1 N–H and O–H groups in total. The van der Waals surface area contributed by atoms with Gasteiger partial charge in [0.05, 0.1) is 25.1 Å². The summed E-state index contributed by atoms with van der Waals surface area (Å²) in [7, 11) is 0. The van der Waals surface area contributed by atoms with E-state index in [4.69, 9.17) is 9.47 Å². The maximum Gasteiger partial charge on any atom is 0.213 e. The maximum absolute atomic E-state index is 5.80. The molecule has 21 heavy (non-hydrogen) atoms. The Morgan fingerprint density at radius 3 is 3.14 bits per heavy atom. The van der Waals surface area contributed by atoms with Gasteiger partial charge in [-0.05, 0) is 33.6 Å². The minimum absolute atomic E-state index is 0.120. The second-order valence-corrected chi connectivity index (χ2v) is 5.77. The largest absolute Gasteiger partial charge is 0.472 e. The van der Waals surface area contributed by atoms with Gasteiger partial charge in [-0.1, -0.05) is 0 Å². The van der Waals surface area contributed by atoms with Crippen LogP contribution in [0.5, 0.6) is 5.88 Å². The fourth-order valence-electron chi connectivity index (χ4n) is 2.11. The number of nitrogens with one attached hydrogen (secondary N) is 1. The van der Waals surface area contributed by atoms with Gasteiger partial charge in [0.15, 0.2) is 0 Å². The number of pyridine rings is 2. The minimum Gasteiger partial charge on any atom is -0.472 e. The van der Waals surface area contributed by atoms with Crippen molar-refractivity contribution in [2.75, 3.05) is 18.5 Å². The lowest BCUT2D eigenvalue weighted by atomic mass is 10.2. The van der Waals surface area contributed by atoms with E-state index in [1.165, 1.54) is 0 Å². The summed E-state index contributed by atoms with van der Waals surface area (Å²) in [6.07, 6.45) is 6.36. The molecular formula is C15H16BrN3O2. The number of ether oxygens (including phenoxy) is 2. The van der Waals surface area contributed by atoms with Crippen LogP contribution >= 0.6 is 15.9 Å². The molecule has 3 rings (SSSR count). The minimum atomic E-state index is 0.120. The molecule has 1 fully saturated rings. The molecule has 0 bridgehead atoms. The summed E-state index contributed by atoms with van der Waals surface area (Å²) in [5.41, 5.74) is 2.08. The summed E-state index contributed by atoms with van der Waals surface area (Å²) in [5.74, 6) is 0.650. The van der Waals surface area contributed by atoms with Crippen molar-refractivity contribution in [1.29, 1.82) is 0 Å². The molecule has 0 aliphatic carbocycles. The monoisotopic (exact) mass is 349 g/mol. The Morgan fingerprint density at radius 2 is 2.33 bits per heavy atom. The highest BCUT2D eigenvalue weighted by Crippen LogP contribution is 2.18. The molecule has 0 radical (unpaired) electrons. The SMILES string of the molecule is Brc1cncc(NCc2ccnc(OC3CCOC3)c2)c1. The molecule has 0 saturated carbocycles. The molecule has 1 aliphatic heterocycles. The molecule has 1 atom stereocenters. The van der Waals surface area contributed by atoms with E-state index in [1.54, 1.807) is 18.6 Å². The number of nitrogens with zero attached hydrogens (tertiary/aromatic N) is 2. The molecule has 0 aromatic carbocycles. The molecule has 3 heterocycles. The Bertz CT molecular complexity index is 603. The third-order valence-corrected chi connectivity index (χ3v) is 3.61. The van der Waals surface area contributed by atoms with Gasteiger partial charge < -0.3 is 14.8 Å². The van der Waals surface area contributed by atoms with E-state index in [9.17, 15) is 0 Å². The Labute approximate surface area is 131 Å². The number of halogens is 1. The smallest absolute Gasteiger partial charge is 0.213 e. The highest BCUT2D eigenvalue weighted by Gasteiger charge is 2.17. The van der Waals surface area contributed by atoms with E-state index in [0.29, 0.717) is 19.0 Å². The quantitative estimate of drug-likeness (QED) is 0.898. The van der Waals surface area contributed by atoms with Gasteiger partial charge in [0, 0.05) is 35.9 Å². The first kappa shape index (κ1) is 14.3. The summed E-state index contributed by atoms with van der Waals surface area (Å²) < 4.78 is 12.1. The zero-order valence-corrected chi connectivity index (χ0v) is 13.0. The molecule has 5 nitrogen and oxygen atoms in total. The van der Waals surface area contributed by atoms with Crippen LogP contribution in [0.3, 0.4) is 0 Å². The number of aromatic nitrogens is 2. The molecule has 6 heteroatoms. The molecule has 1 aliphatic rings. The van der Waals surface area contributed by atoms with Gasteiger partial charge in [0.2, 0.25) is 5.88 Å². The topological polar surface area (TPSA) is 56.3 Å². The number of hydrogen-bond donors (Lipinski definition) is 1. The molecule has 0 spiro atoms. The van der Waals surface area contributed by atoms with Crippen LogP contribution in [-0.4, -0.2) is 29.3 Å². The first-order chi connectivity index (χ1) is 10.3. The van der Waals surface area contributed by atoms with Crippen LogP contribution in [0, 0.1) is 0 Å². The number of hydrogen-bond acceptors (Lipinski definition) is 5. The van der Waals surface area contributed by atoms with E-state index in [1.807, 2.05) is 18.2 Å². The van der Waals surface area contributed by atoms with Gasteiger partial charge in [-0.25, -0.2) is 4.98 Å². The second kappa shape index (κ2) is 6.87. The van der Waals surface area contributed by atoms with Gasteiger partial charge in [-0.3, -0.25) is 4.98 Å². The normalized spacial score (nSPS) is 17.7. The third kappa shape index (κ3) is 4.15. The zero-order chi connectivity index (χ0) is 14.5. The molecule has 2 aromatic heterocycles. The van der Waals surface area contributed by atoms with Crippen LogP contribution < -0.4 is 10.1 Å². The standard InChI is InChI=1S/C15H16BrN3O2/c16-12-6-13(9-17-8-12)19-7-11-1-3-18-15(5-11)21-14-2-4-20-10-14/h1,3,5-6,8-9,14,19H,2,4,7,10H2. The molecule has 2 aromatic rings. The van der Waals surface area contributed by atoms with E-state index < -0.39 is 0 Å². The fraction of sp³-hybridized carbons (Fsp3) is 0.333. The van der Waals surface area contributed by atoms with Crippen molar-refractivity contribution in [2.24, 2.45) is 0 Å². The van der Waals surface area contributed by atoms with E-state index >= 15 is 0 Å². The van der Waals surface area contributed by atoms with Crippen LogP contribution in [0.25, 0.3) is 0 Å². The lowest BCUT2D eigenvalue weighted by molar-refractivity contribution is 0.138. The summed E-state index contributed by atoms with van der Waals surface area (Å²) in [5, 5.41) is 3.32. The maximum atomic E-state index is 5.80. The average molecular weight is 350 g/mol. The van der Waals surface area contributed by atoms with Gasteiger partial charge in [0.25, 0.3) is 0 Å². The lowest BCUT2D eigenvalue weighted by Gasteiger charge is -2.12. The molecule has 1 unspecified atom stereocenters. The first-order valence-corrected chi connectivity index (χ1v) is 7.63. The summed E-state index contributed by atoms with van der Waals surface area (Å²) >= 11 is 3.40. The highest BCUT2D eigenvalue weighted by atomic mass is 79.9. The molecule has 110 valence electrons. The van der Waals surface area contributed by atoms with Gasteiger partial charge >= 0.3 is 0 Å². The van der Waals surface area contributed by atoms with Crippen LogP contribution in [0.2, 0.25) is 0 Å². The van der Waals surface area contributed by atoms with E-state index in [-0.39, 0.29) is 6.10 Å². The highest BCUT2D eigenvalue weighted by molar-refractivity contribution is 9.10. The second-order valence-electron chi connectivity index (χ2n) is 4.85. The average Bonchev–Trinajstić information content (AvgIpc) is 2.99. The first-order valence-electron chi connectivity index (χ1n) is 6.83. The molecule has 0 amide bonds. The number of rotatable bonds is 5. The number of anilines is 1. The van der Waals surface area contributed by atoms with Crippen molar-refractivity contribution in [1.82, 2.24) is 9.97 Å². The van der Waals surface area contributed by atoms with Gasteiger partial charge in [-0.2, -0.15) is 0 Å². The predicted octanol–water partition coefficient (Wildman–Crippen LogP) is 3.02. The van der Waals surface area contributed by atoms with E-state index in [0.717, 1.165) is 28.8 Å². The Hall–Kier alpha value is -1.66. The van der Waals surface area contributed by atoms with Crippen molar-refractivity contribution < 1.29 is 9.47 Å². The van der Waals surface area contributed by atoms with Crippen LogP contribution in [-0.2, 0) is 11.3 Å². The predicted molar refractivity (Wildman–Crippen MR) is 83.4 cm³/mol. The van der Waals surface area contributed by atoms with Gasteiger partial charge in [-0.15, -0.1) is 0 Å². The van der Waals surface area contributed by atoms with E-state index in [2.05, 4.69) is 31.2 Å². The van der Waals surface area contributed by atoms with Crippen molar-refractivity contribution in [3.8, 4) is 5.88 Å². The molecule has 1 saturated heterocycles. The summed E-state index contributed by atoms with van der Waals surface area (Å²) in [6.45, 7) is 2.11. The summed E-state index contributed by atoms with van der Waals surface area (Å²) in [4.78, 5) is 8.37. The van der Waals surface area contributed by atoms with Crippen LogP contribution in [0.15, 0.2) is 41.3 Å². The molecular weight excluding hydrogens is 334 g/mol. The van der Waals surface area contributed by atoms with Crippen molar-refractivity contribution in [2.45, 2.75) is 19.1 Å². The Morgan fingerprint density at radius 1 is 1.38 bits per heavy atom. The zero-order valence-electron chi connectivity index (χ0n) is 11.5. The van der Waals surface area contributed by atoms with Gasteiger partial charge in [0.1, 0.15) is 6.10 Å². The Balaban J connectivity index is 1.60. The Kier molecular flexibility index (Phi) is 4.67. The lowest BCUT2D eigenvalue weighted by Crippen LogP contribution is -2.16. The van der Waals surface area contributed by atoms with Crippen LogP contribution in [0.4, 0.5) is 5.69 Å². The summed E-state index contributed by atoms with van der Waals surface area (Å²) in [6, 6.07) is 5.91. The fourth-order valence-corrected chi connectivity index (χ4v) is 2.48. The van der Waals surface area contributed by atoms with Crippen molar-refractivity contribution in [3.63, 3.8) is 0 Å².